The van der Waals surface area contributed by atoms with E-state index in [1.165, 1.54) is 12.5 Å². The fraction of sp³-hybridized carbons (Fsp3) is 0.300. The number of ketones is 1. The molecule has 0 aliphatic heterocycles. The number of nitrogens with two attached hydrogens (primary N) is 1. The highest BCUT2D eigenvalue weighted by atomic mass is 35.5. The molecule has 3 aromatic rings. The predicted octanol–water partition coefficient (Wildman–Crippen LogP) is 3.93. The molecule has 1 atom stereocenters. The molecule has 0 aliphatic rings. The fourth-order valence-corrected chi connectivity index (χ4v) is 4.08. The third kappa shape index (κ3) is 5.85. The first-order valence-corrected chi connectivity index (χ1v) is 11.0. The van der Waals surface area contributed by atoms with Crippen molar-refractivity contribution in [2.75, 3.05) is 18.1 Å². The number of nitrogens with zero attached hydrogens (tertiary/aromatic N) is 4. The largest absolute Gasteiger partial charge is 0.418 e. The molecule has 180 valence electrons. The van der Waals surface area contributed by atoms with Crippen molar-refractivity contribution in [1.82, 2.24) is 25.3 Å². The third-order valence-corrected chi connectivity index (χ3v) is 6.19. The van der Waals surface area contributed by atoms with Crippen molar-refractivity contribution in [2.24, 2.45) is 0 Å². The molecule has 0 saturated carbocycles. The Morgan fingerprint density at radius 1 is 1.21 bits per heavy atom. The van der Waals surface area contributed by atoms with Crippen LogP contribution in [-0.2, 0) is 12.7 Å². The summed E-state index contributed by atoms with van der Waals surface area (Å²) in [6, 6.07) is 0.652. The highest BCUT2D eigenvalue weighted by Gasteiger charge is 2.34. The molecule has 0 fully saturated rings. The van der Waals surface area contributed by atoms with Crippen LogP contribution >= 0.6 is 22.9 Å². The van der Waals surface area contributed by atoms with Gasteiger partial charge in [0.1, 0.15) is 28.5 Å². The molecule has 14 heteroatoms. The molecule has 3 heterocycles. The topological polar surface area (TPSA) is 136 Å². The van der Waals surface area contributed by atoms with Crippen molar-refractivity contribution >= 4 is 46.3 Å². The number of carbonyl (C=O) groups is 2. The van der Waals surface area contributed by atoms with Crippen LogP contribution in [0.5, 0.6) is 0 Å². The molecule has 0 bridgehead atoms. The average Bonchev–Trinajstić information content (AvgIpc) is 3.26. The molecular formula is C20H19ClF3N7O2S. The Balaban J connectivity index is 1.71. The lowest BCUT2D eigenvalue weighted by molar-refractivity contribution is -0.137. The van der Waals surface area contributed by atoms with Crippen molar-refractivity contribution in [3.8, 4) is 0 Å². The molecule has 0 spiro atoms. The molecule has 34 heavy (non-hydrogen) atoms. The van der Waals surface area contributed by atoms with Crippen molar-refractivity contribution in [1.29, 1.82) is 0 Å². The van der Waals surface area contributed by atoms with Crippen LogP contribution in [0.2, 0.25) is 5.02 Å². The summed E-state index contributed by atoms with van der Waals surface area (Å²) in [5, 5.41) is 5.13. The van der Waals surface area contributed by atoms with Crippen molar-refractivity contribution in [3.05, 3.63) is 56.5 Å². The number of Topliss-reactive ketones (excluding diaryl/α,β-unsaturated/α-hetero) is 1. The number of anilines is 2. The summed E-state index contributed by atoms with van der Waals surface area (Å²) in [5.41, 5.74) is 5.45. The van der Waals surface area contributed by atoms with Gasteiger partial charge in [0.15, 0.2) is 5.78 Å². The van der Waals surface area contributed by atoms with Gasteiger partial charge in [0.2, 0.25) is 0 Å². The summed E-state index contributed by atoms with van der Waals surface area (Å²) >= 11 is 6.56. The number of halogens is 4. The van der Waals surface area contributed by atoms with E-state index in [0.717, 1.165) is 17.5 Å². The van der Waals surface area contributed by atoms with Crippen LogP contribution in [0.25, 0.3) is 0 Å². The third-order valence-electron chi connectivity index (χ3n) is 4.66. The minimum atomic E-state index is -4.69. The lowest BCUT2D eigenvalue weighted by Crippen LogP contribution is -2.17. The lowest BCUT2D eigenvalue weighted by Gasteiger charge is -2.11. The molecule has 3 aromatic heterocycles. The molecule has 3 rings (SSSR count). The number of hydrogen-bond acceptors (Lipinski definition) is 9. The number of aromatic nitrogens is 4. The monoisotopic (exact) mass is 513 g/mol. The van der Waals surface area contributed by atoms with Crippen molar-refractivity contribution < 1.29 is 22.8 Å². The summed E-state index contributed by atoms with van der Waals surface area (Å²) < 4.78 is 39.1. The Bertz CT molecular complexity index is 1220. The molecule has 1 amide bonds. The van der Waals surface area contributed by atoms with Gasteiger partial charge in [-0.3, -0.25) is 9.59 Å². The zero-order valence-electron chi connectivity index (χ0n) is 17.9. The zero-order valence-corrected chi connectivity index (χ0v) is 19.5. The Morgan fingerprint density at radius 2 is 1.94 bits per heavy atom. The number of amides is 1. The first-order chi connectivity index (χ1) is 16.0. The maximum absolute atomic E-state index is 13.0. The molecule has 0 aromatic carbocycles. The Kier molecular flexibility index (Phi) is 7.79. The first kappa shape index (κ1) is 25.5. The molecule has 0 radical (unpaired) electrons. The van der Waals surface area contributed by atoms with E-state index in [1.807, 2.05) is 0 Å². The van der Waals surface area contributed by atoms with Crippen molar-refractivity contribution in [2.45, 2.75) is 32.0 Å². The lowest BCUT2D eigenvalue weighted by atomic mass is 10.0. The Labute approximate surface area is 201 Å². The van der Waals surface area contributed by atoms with E-state index in [4.69, 9.17) is 17.3 Å². The van der Waals surface area contributed by atoms with Crippen LogP contribution in [0.15, 0.2) is 24.8 Å². The maximum Gasteiger partial charge on any atom is 0.418 e. The Hall–Kier alpha value is -3.16. The van der Waals surface area contributed by atoms with E-state index >= 15 is 0 Å². The predicted molar refractivity (Wildman–Crippen MR) is 121 cm³/mol. The molecule has 0 unspecified atom stereocenters. The number of nitrogens with one attached hydrogen (secondary N) is 2. The van der Waals surface area contributed by atoms with E-state index in [1.54, 1.807) is 14.0 Å². The van der Waals surface area contributed by atoms with Crippen LogP contribution in [0, 0.1) is 0 Å². The van der Waals surface area contributed by atoms with Crippen LogP contribution in [-0.4, -0.2) is 38.7 Å². The highest BCUT2D eigenvalue weighted by Crippen LogP contribution is 2.35. The summed E-state index contributed by atoms with van der Waals surface area (Å²) in [4.78, 5) is 41.3. The van der Waals surface area contributed by atoms with Gasteiger partial charge in [0.05, 0.1) is 21.8 Å². The smallest absolute Gasteiger partial charge is 0.383 e. The second kappa shape index (κ2) is 10.4. The van der Waals surface area contributed by atoms with E-state index in [9.17, 15) is 22.8 Å². The second-order valence-electron chi connectivity index (χ2n) is 7.21. The van der Waals surface area contributed by atoms with Gasteiger partial charge in [-0.05, 0) is 13.1 Å². The van der Waals surface area contributed by atoms with Crippen LogP contribution < -0.4 is 16.4 Å². The Morgan fingerprint density at radius 3 is 2.62 bits per heavy atom. The van der Waals surface area contributed by atoms with Gasteiger partial charge < -0.3 is 16.4 Å². The van der Waals surface area contributed by atoms with Crippen molar-refractivity contribution in [3.63, 3.8) is 0 Å². The minimum Gasteiger partial charge on any atom is -0.383 e. The number of nitrogen functional groups attached to an aromatic ring is 1. The molecule has 0 saturated heterocycles. The fourth-order valence-electron chi connectivity index (χ4n) is 3.00. The maximum atomic E-state index is 13.0. The number of hydrogen-bond donors (Lipinski definition) is 3. The van der Waals surface area contributed by atoms with E-state index < -0.39 is 22.7 Å². The van der Waals surface area contributed by atoms with Gasteiger partial charge in [-0.15, -0.1) is 11.3 Å². The SMILES string of the molecule is CNCc1c(N)ncnc1C(=O)C[C@H](C)c1ncc(C(=O)Nc2cc(C(F)(F)F)c(Cl)cn2)s1. The number of thiazole rings is 1. The first-order valence-electron chi connectivity index (χ1n) is 9.78. The number of carbonyl (C=O) groups excluding carboxylic acids is 2. The normalized spacial score (nSPS) is 12.4. The van der Waals surface area contributed by atoms with Gasteiger partial charge in [-0.25, -0.2) is 19.9 Å². The zero-order chi connectivity index (χ0) is 25.0. The van der Waals surface area contributed by atoms with E-state index in [0.29, 0.717) is 23.2 Å². The standard InChI is InChI=1S/C20H19ClF3N7O2S/c1-9(3-13(32)16-10(5-26-2)17(25)30-8-29-16)19-28-7-14(34-19)18(33)31-15-4-11(20(22,23)24)12(21)6-27-15/h4,6-9,26H,3,5H2,1-2H3,(H2,25,29,30)(H,27,31,33)/t9-/m0/s1. The van der Waals surface area contributed by atoms with E-state index in [-0.39, 0.29) is 40.3 Å². The summed E-state index contributed by atoms with van der Waals surface area (Å²) in [6.45, 7) is 2.08. The molecular weight excluding hydrogens is 495 g/mol. The number of alkyl halides is 3. The van der Waals surface area contributed by atoms with Gasteiger partial charge >= 0.3 is 6.18 Å². The molecule has 0 aliphatic carbocycles. The summed E-state index contributed by atoms with van der Waals surface area (Å²) in [5.74, 6) is -1.41. The van der Waals surface area contributed by atoms with Crippen LogP contribution in [0.4, 0.5) is 24.8 Å². The van der Waals surface area contributed by atoms with Crippen LogP contribution in [0.3, 0.4) is 0 Å². The quantitative estimate of drug-likeness (QED) is 0.385. The average molecular weight is 514 g/mol. The molecule has 9 nitrogen and oxygen atoms in total. The van der Waals surface area contributed by atoms with Crippen LogP contribution in [0.1, 0.15) is 55.6 Å². The van der Waals surface area contributed by atoms with Gasteiger partial charge in [-0.1, -0.05) is 18.5 Å². The number of pyridine rings is 1. The van der Waals surface area contributed by atoms with Gasteiger partial charge in [-0.2, -0.15) is 13.2 Å². The van der Waals surface area contributed by atoms with Gasteiger partial charge in [0, 0.05) is 30.6 Å². The number of rotatable bonds is 8. The second-order valence-corrected chi connectivity index (χ2v) is 8.68. The minimum absolute atomic E-state index is 0.0510. The van der Waals surface area contributed by atoms with Gasteiger partial charge in [0.25, 0.3) is 5.91 Å². The summed E-state index contributed by atoms with van der Waals surface area (Å²) in [6.07, 6.45) is -1.33. The summed E-state index contributed by atoms with van der Waals surface area (Å²) in [7, 11) is 1.70. The van der Waals surface area contributed by atoms with E-state index in [2.05, 4.69) is 30.6 Å². The highest BCUT2D eigenvalue weighted by molar-refractivity contribution is 7.13. The molecule has 4 N–H and O–H groups in total.